The molecule has 0 aromatic heterocycles. The molecule has 2 amide bonds. The van der Waals surface area contributed by atoms with E-state index in [1.165, 1.54) is 4.90 Å². The van der Waals surface area contributed by atoms with Crippen LogP contribution in [0.3, 0.4) is 0 Å². The number of Topliss-reactive ketones (excluding diaryl/α,β-unsaturated/α-hetero) is 1. The van der Waals surface area contributed by atoms with Crippen molar-refractivity contribution in [2.45, 2.75) is 45.6 Å². The maximum Gasteiger partial charge on any atom is 0.245 e. The van der Waals surface area contributed by atoms with Crippen LogP contribution in [0, 0.1) is 17.2 Å². The molecule has 1 rings (SSSR count). The minimum absolute atomic E-state index is 0.0724. The van der Waals surface area contributed by atoms with Gasteiger partial charge in [0.1, 0.15) is 0 Å². The summed E-state index contributed by atoms with van der Waals surface area (Å²) in [5.74, 6) is -2.51. The molecule has 6 nitrogen and oxygen atoms in total. The number of carbonyl (C=O) groups is 3. The van der Waals surface area contributed by atoms with E-state index in [2.05, 4.69) is 5.32 Å². The maximum atomic E-state index is 12.0. The maximum absolute atomic E-state index is 12.0. The normalized spacial score (nSPS) is 17.3. The van der Waals surface area contributed by atoms with Gasteiger partial charge in [-0.3, -0.25) is 14.4 Å². The minimum Gasteiger partial charge on any atom is -0.352 e. The van der Waals surface area contributed by atoms with Gasteiger partial charge in [-0.1, -0.05) is 6.42 Å². The van der Waals surface area contributed by atoms with E-state index in [-0.39, 0.29) is 18.5 Å². The molecule has 1 saturated heterocycles. The zero-order chi connectivity index (χ0) is 15.1. The first-order valence-electron chi connectivity index (χ1n) is 6.96. The van der Waals surface area contributed by atoms with Gasteiger partial charge in [0.2, 0.25) is 11.8 Å². The molecule has 0 bridgehead atoms. The number of nitrogens with one attached hydrogen (secondary N) is 1. The van der Waals surface area contributed by atoms with Crippen molar-refractivity contribution < 1.29 is 14.4 Å². The third-order valence-corrected chi connectivity index (χ3v) is 3.16. The first-order valence-corrected chi connectivity index (χ1v) is 6.96. The molecule has 110 valence electrons. The Morgan fingerprint density at radius 2 is 2.05 bits per heavy atom. The van der Waals surface area contributed by atoms with Gasteiger partial charge in [0, 0.05) is 19.0 Å². The lowest BCUT2D eigenvalue weighted by Crippen LogP contribution is -2.43. The van der Waals surface area contributed by atoms with Crippen molar-refractivity contribution in [2.24, 2.45) is 5.92 Å². The van der Waals surface area contributed by atoms with E-state index in [4.69, 9.17) is 5.26 Å². The molecular formula is C14H21N3O3. The van der Waals surface area contributed by atoms with Gasteiger partial charge in [0.05, 0.1) is 12.6 Å². The van der Waals surface area contributed by atoms with Crippen LogP contribution >= 0.6 is 0 Å². The second-order valence-corrected chi connectivity index (χ2v) is 5.32. The van der Waals surface area contributed by atoms with E-state index in [0.717, 1.165) is 19.3 Å². The van der Waals surface area contributed by atoms with Gasteiger partial charge in [0.15, 0.2) is 11.7 Å². The molecule has 0 aromatic rings. The van der Waals surface area contributed by atoms with Crippen molar-refractivity contribution in [3.05, 3.63) is 0 Å². The molecule has 20 heavy (non-hydrogen) atoms. The number of nitriles is 1. The lowest BCUT2D eigenvalue weighted by Gasteiger charge is -2.21. The molecule has 0 spiro atoms. The van der Waals surface area contributed by atoms with Crippen LogP contribution in [-0.2, 0) is 14.4 Å². The Morgan fingerprint density at radius 3 is 2.65 bits per heavy atom. The summed E-state index contributed by atoms with van der Waals surface area (Å²) in [5.41, 5.74) is 0. The predicted octanol–water partition coefficient (Wildman–Crippen LogP) is 0.622. The van der Waals surface area contributed by atoms with Crippen molar-refractivity contribution in [3.63, 3.8) is 0 Å². The molecule has 0 aliphatic carbocycles. The van der Waals surface area contributed by atoms with Crippen LogP contribution in [0.2, 0.25) is 0 Å². The first kappa shape index (κ1) is 16.2. The highest BCUT2D eigenvalue weighted by Gasteiger charge is 2.29. The standard InChI is InChI=1S/C14H21N3O3/c1-10(2)16-14(20)11(8-15)12(18)9-17-7-5-3-4-6-13(17)19/h10-11H,3-7,9H2,1-2H3,(H,16,20)/t11-/m1/s1. The van der Waals surface area contributed by atoms with Crippen molar-refractivity contribution in [2.75, 3.05) is 13.1 Å². The van der Waals surface area contributed by atoms with E-state index in [1.807, 2.05) is 0 Å². The second kappa shape index (κ2) is 7.63. The number of hydrogen-bond donors (Lipinski definition) is 1. The third-order valence-electron chi connectivity index (χ3n) is 3.16. The van der Waals surface area contributed by atoms with Crippen molar-refractivity contribution in [1.29, 1.82) is 5.26 Å². The number of carbonyl (C=O) groups excluding carboxylic acids is 3. The van der Waals surface area contributed by atoms with Gasteiger partial charge >= 0.3 is 0 Å². The van der Waals surface area contributed by atoms with Gasteiger partial charge in [-0.2, -0.15) is 5.26 Å². The lowest BCUT2D eigenvalue weighted by molar-refractivity contribution is -0.138. The van der Waals surface area contributed by atoms with Gasteiger partial charge in [-0.15, -0.1) is 0 Å². The van der Waals surface area contributed by atoms with E-state index in [9.17, 15) is 14.4 Å². The summed E-state index contributed by atoms with van der Waals surface area (Å²) in [7, 11) is 0. The Morgan fingerprint density at radius 1 is 1.35 bits per heavy atom. The number of amides is 2. The summed E-state index contributed by atoms with van der Waals surface area (Å²) in [4.78, 5) is 37.1. The number of nitrogens with zero attached hydrogens (tertiary/aromatic N) is 2. The number of hydrogen-bond acceptors (Lipinski definition) is 4. The second-order valence-electron chi connectivity index (χ2n) is 5.32. The van der Waals surface area contributed by atoms with Crippen LogP contribution in [0.5, 0.6) is 0 Å². The molecule has 0 aromatic carbocycles. The van der Waals surface area contributed by atoms with E-state index in [1.54, 1.807) is 19.9 Å². The van der Waals surface area contributed by atoms with Crippen LogP contribution in [0.1, 0.15) is 39.5 Å². The average Bonchev–Trinajstić information content (AvgIpc) is 2.55. The number of rotatable bonds is 5. The van der Waals surface area contributed by atoms with Crippen LogP contribution in [-0.4, -0.2) is 41.6 Å². The molecule has 1 fully saturated rings. The van der Waals surface area contributed by atoms with Crippen molar-refractivity contribution >= 4 is 17.6 Å². The SMILES string of the molecule is CC(C)NC(=O)[C@H](C#N)C(=O)CN1CCCCCC1=O. The molecule has 1 N–H and O–H groups in total. The average molecular weight is 279 g/mol. The molecule has 1 aliphatic heterocycles. The molecule has 6 heteroatoms. The fourth-order valence-corrected chi connectivity index (χ4v) is 2.13. The monoisotopic (exact) mass is 279 g/mol. The predicted molar refractivity (Wildman–Crippen MR) is 72.4 cm³/mol. The van der Waals surface area contributed by atoms with Gasteiger partial charge < -0.3 is 10.2 Å². The van der Waals surface area contributed by atoms with E-state index < -0.39 is 17.6 Å². The molecule has 1 atom stereocenters. The highest BCUT2D eigenvalue weighted by molar-refractivity contribution is 6.05. The van der Waals surface area contributed by atoms with Crippen LogP contribution in [0.25, 0.3) is 0 Å². The third kappa shape index (κ3) is 4.65. The highest BCUT2D eigenvalue weighted by Crippen LogP contribution is 2.12. The minimum atomic E-state index is -1.34. The van der Waals surface area contributed by atoms with Gasteiger partial charge in [-0.05, 0) is 26.7 Å². The van der Waals surface area contributed by atoms with Crippen molar-refractivity contribution in [3.8, 4) is 6.07 Å². The fourth-order valence-electron chi connectivity index (χ4n) is 2.13. The fraction of sp³-hybridized carbons (Fsp3) is 0.714. The summed E-state index contributed by atoms with van der Waals surface area (Å²) in [6, 6.07) is 1.59. The zero-order valence-corrected chi connectivity index (χ0v) is 12.0. The smallest absolute Gasteiger partial charge is 0.245 e. The number of likely N-dealkylation sites (tertiary alicyclic amines) is 1. The van der Waals surface area contributed by atoms with Gasteiger partial charge in [0.25, 0.3) is 0 Å². The Bertz CT molecular complexity index is 426. The first-order chi connectivity index (χ1) is 9.45. The number of ketones is 1. The molecule has 0 saturated carbocycles. The zero-order valence-electron chi connectivity index (χ0n) is 12.0. The Kier molecular flexibility index (Phi) is 6.16. The quantitative estimate of drug-likeness (QED) is 0.747. The summed E-state index contributed by atoms with van der Waals surface area (Å²) in [5, 5.41) is 11.5. The topological polar surface area (TPSA) is 90.3 Å². The summed E-state index contributed by atoms with van der Waals surface area (Å²) in [6.45, 7) is 3.89. The summed E-state index contributed by atoms with van der Waals surface area (Å²) >= 11 is 0. The van der Waals surface area contributed by atoms with Gasteiger partial charge in [-0.25, -0.2) is 0 Å². The molecule has 0 radical (unpaired) electrons. The summed E-state index contributed by atoms with van der Waals surface area (Å²) < 4.78 is 0. The molecular weight excluding hydrogens is 258 g/mol. The van der Waals surface area contributed by atoms with E-state index in [0.29, 0.717) is 13.0 Å². The lowest BCUT2D eigenvalue weighted by atomic mass is 10.0. The highest BCUT2D eigenvalue weighted by atomic mass is 16.2. The van der Waals surface area contributed by atoms with E-state index >= 15 is 0 Å². The summed E-state index contributed by atoms with van der Waals surface area (Å²) in [6.07, 6.45) is 3.09. The molecule has 1 heterocycles. The Balaban J connectivity index is 2.65. The Labute approximate surface area is 119 Å². The van der Waals surface area contributed by atoms with Crippen LogP contribution in [0.15, 0.2) is 0 Å². The molecule has 0 unspecified atom stereocenters. The van der Waals surface area contributed by atoms with Crippen LogP contribution in [0.4, 0.5) is 0 Å². The largest absolute Gasteiger partial charge is 0.352 e. The Hall–Kier alpha value is -1.90. The molecule has 1 aliphatic rings. The van der Waals surface area contributed by atoms with Crippen molar-refractivity contribution in [1.82, 2.24) is 10.2 Å². The van der Waals surface area contributed by atoms with Crippen LogP contribution < -0.4 is 5.32 Å².